The van der Waals surface area contributed by atoms with Gasteiger partial charge in [-0.25, -0.2) is 8.78 Å². The first-order chi connectivity index (χ1) is 9.54. The standard InChI is InChI=1S/C16H16ClF2N/c1-11(14-5-3-4-6-15(14)19)20(2)16-8-7-13(18)9-12(16)10-17/h3-9,11H,10H2,1-2H3. The lowest BCUT2D eigenvalue weighted by Gasteiger charge is -2.29. The molecule has 2 rings (SSSR count). The summed E-state index contributed by atoms with van der Waals surface area (Å²) in [7, 11) is 1.85. The van der Waals surface area contributed by atoms with Crippen molar-refractivity contribution in [1.82, 2.24) is 0 Å². The molecule has 4 heteroatoms. The molecular formula is C16H16ClF2N. The van der Waals surface area contributed by atoms with Crippen molar-refractivity contribution in [2.24, 2.45) is 0 Å². The normalized spacial score (nSPS) is 12.2. The van der Waals surface area contributed by atoms with Gasteiger partial charge in [-0.1, -0.05) is 18.2 Å². The van der Waals surface area contributed by atoms with E-state index in [1.54, 1.807) is 24.3 Å². The van der Waals surface area contributed by atoms with E-state index in [0.717, 1.165) is 5.69 Å². The van der Waals surface area contributed by atoms with Gasteiger partial charge >= 0.3 is 0 Å². The molecule has 106 valence electrons. The third-order valence-corrected chi connectivity index (χ3v) is 3.79. The van der Waals surface area contributed by atoms with Crippen molar-refractivity contribution < 1.29 is 8.78 Å². The van der Waals surface area contributed by atoms with E-state index in [1.165, 1.54) is 18.2 Å². The summed E-state index contributed by atoms with van der Waals surface area (Å²) in [5.41, 5.74) is 2.09. The lowest BCUT2D eigenvalue weighted by atomic mass is 10.0. The van der Waals surface area contributed by atoms with Crippen LogP contribution in [0.15, 0.2) is 42.5 Å². The minimum Gasteiger partial charge on any atom is -0.367 e. The van der Waals surface area contributed by atoms with Gasteiger partial charge < -0.3 is 4.90 Å². The summed E-state index contributed by atoms with van der Waals surface area (Å²) in [6, 6.07) is 10.9. The smallest absolute Gasteiger partial charge is 0.128 e. The van der Waals surface area contributed by atoms with Crippen LogP contribution in [0, 0.1) is 11.6 Å². The minimum atomic E-state index is -0.323. The molecule has 0 N–H and O–H groups in total. The van der Waals surface area contributed by atoms with Gasteiger partial charge in [-0.3, -0.25) is 0 Å². The summed E-state index contributed by atoms with van der Waals surface area (Å²) in [6.07, 6.45) is 0. The highest BCUT2D eigenvalue weighted by molar-refractivity contribution is 6.17. The Labute approximate surface area is 122 Å². The topological polar surface area (TPSA) is 3.24 Å². The quantitative estimate of drug-likeness (QED) is 0.725. The van der Waals surface area contributed by atoms with Gasteiger partial charge in [0.15, 0.2) is 0 Å². The van der Waals surface area contributed by atoms with Crippen molar-refractivity contribution in [1.29, 1.82) is 0 Å². The summed E-state index contributed by atoms with van der Waals surface area (Å²) in [6.45, 7) is 1.90. The Hall–Kier alpha value is -1.61. The average molecular weight is 296 g/mol. The van der Waals surface area contributed by atoms with Gasteiger partial charge in [0.05, 0.1) is 6.04 Å². The first kappa shape index (κ1) is 14.8. The number of hydrogen-bond acceptors (Lipinski definition) is 1. The predicted molar refractivity (Wildman–Crippen MR) is 79.2 cm³/mol. The van der Waals surface area contributed by atoms with Gasteiger partial charge in [0.2, 0.25) is 0 Å². The Morgan fingerprint density at radius 2 is 1.85 bits per heavy atom. The highest BCUT2D eigenvalue weighted by Crippen LogP contribution is 2.30. The number of anilines is 1. The minimum absolute atomic E-state index is 0.177. The zero-order chi connectivity index (χ0) is 14.7. The van der Waals surface area contributed by atoms with Crippen LogP contribution in [0.3, 0.4) is 0 Å². The molecule has 0 aliphatic heterocycles. The molecular weight excluding hydrogens is 280 g/mol. The molecule has 0 aliphatic rings. The summed E-state index contributed by atoms with van der Waals surface area (Å²) >= 11 is 5.86. The SMILES string of the molecule is CC(c1ccccc1F)N(C)c1ccc(F)cc1CCl. The van der Waals surface area contributed by atoms with E-state index < -0.39 is 0 Å². The lowest BCUT2D eigenvalue weighted by molar-refractivity contribution is 0.584. The van der Waals surface area contributed by atoms with E-state index in [-0.39, 0.29) is 23.6 Å². The highest BCUT2D eigenvalue weighted by Gasteiger charge is 2.18. The number of alkyl halides is 1. The molecule has 0 heterocycles. The fraction of sp³-hybridized carbons (Fsp3) is 0.250. The van der Waals surface area contributed by atoms with Crippen LogP contribution in [0.4, 0.5) is 14.5 Å². The molecule has 0 fully saturated rings. The molecule has 0 aliphatic carbocycles. The fourth-order valence-electron chi connectivity index (χ4n) is 2.24. The second-order valence-electron chi connectivity index (χ2n) is 4.72. The number of halogens is 3. The van der Waals surface area contributed by atoms with Crippen LogP contribution >= 0.6 is 11.6 Å². The monoisotopic (exact) mass is 295 g/mol. The van der Waals surface area contributed by atoms with Crippen molar-refractivity contribution in [2.45, 2.75) is 18.8 Å². The Balaban J connectivity index is 2.36. The van der Waals surface area contributed by atoms with Gasteiger partial charge in [-0.05, 0) is 36.8 Å². The van der Waals surface area contributed by atoms with Gasteiger partial charge in [0.25, 0.3) is 0 Å². The molecule has 2 aromatic rings. The van der Waals surface area contributed by atoms with Crippen LogP contribution in [0.5, 0.6) is 0 Å². The van der Waals surface area contributed by atoms with Crippen molar-refractivity contribution in [3.05, 3.63) is 65.2 Å². The van der Waals surface area contributed by atoms with Crippen molar-refractivity contribution in [3.8, 4) is 0 Å². The summed E-state index contributed by atoms with van der Waals surface area (Å²) in [5.74, 6) is -0.362. The summed E-state index contributed by atoms with van der Waals surface area (Å²) in [5, 5.41) is 0. The van der Waals surface area contributed by atoms with E-state index >= 15 is 0 Å². The third-order valence-electron chi connectivity index (χ3n) is 3.50. The third kappa shape index (κ3) is 2.93. The molecule has 20 heavy (non-hydrogen) atoms. The Morgan fingerprint density at radius 1 is 1.15 bits per heavy atom. The Bertz CT molecular complexity index is 601. The second kappa shape index (κ2) is 6.23. The van der Waals surface area contributed by atoms with Crippen LogP contribution < -0.4 is 4.90 Å². The molecule has 0 saturated carbocycles. The number of benzene rings is 2. The maximum absolute atomic E-state index is 13.8. The maximum atomic E-state index is 13.8. The average Bonchev–Trinajstić information content (AvgIpc) is 2.46. The van der Waals surface area contributed by atoms with Crippen LogP contribution in [0.1, 0.15) is 24.1 Å². The molecule has 0 spiro atoms. The van der Waals surface area contributed by atoms with E-state index in [0.29, 0.717) is 11.1 Å². The molecule has 0 amide bonds. The molecule has 0 aromatic heterocycles. The molecule has 0 radical (unpaired) electrons. The largest absolute Gasteiger partial charge is 0.367 e. The van der Waals surface area contributed by atoms with Gasteiger partial charge in [0, 0.05) is 24.2 Å². The van der Waals surface area contributed by atoms with E-state index in [4.69, 9.17) is 11.6 Å². The first-order valence-corrected chi connectivity index (χ1v) is 6.89. The molecule has 1 unspecified atom stereocenters. The highest BCUT2D eigenvalue weighted by atomic mass is 35.5. The zero-order valence-electron chi connectivity index (χ0n) is 11.4. The maximum Gasteiger partial charge on any atom is 0.128 e. The summed E-state index contributed by atoms with van der Waals surface area (Å²) < 4.78 is 27.1. The molecule has 1 atom stereocenters. The molecule has 0 saturated heterocycles. The van der Waals surface area contributed by atoms with Gasteiger partial charge in [-0.15, -0.1) is 11.6 Å². The second-order valence-corrected chi connectivity index (χ2v) is 4.98. The van der Waals surface area contributed by atoms with Gasteiger partial charge in [0.1, 0.15) is 11.6 Å². The number of rotatable bonds is 4. The van der Waals surface area contributed by atoms with Crippen LogP contribution in [-0.2, 0) is 5.88 Å². The van der Waals surface area contributed by atoms with Gasteiger partial charge in [-0.2, -0.15) is 0 Å². The van der Waals surface area contributed by atoms with E-state index in [1.807, 2.05) is 18.9 Å². The van der Waals surface area contributed by atoms with Crippen LogP contribution in [0.2, 0.25) is 0 Å². The van der Waals surface area contributed by atoms with E-state index in [9.17, 15) is 8.78 Å². The van der Waals surface area contributed by atoms with E-state index in [2.05, 4.69) is 0 Å². The summed E-state index contributed by atoms with van der Waals surface area (Å²) in [4.78, 5) is 1.90. The number of hydrogen-bond donors (Lipinski definition) is 0. The number of nitrogens with zero attached hydrogens (tertiary/aromatic N) is 1. The molecule has 1 nitrogen and oxygen atoms in total. The lowest BCUT2D eigenvalue weighted by Crippen LogP contribution is -2.23. The van der Waals surface area contributed by atoms with Crippen LogP contribution in [0.25, 0.3) is 0 Å². The van der Waals surface area contributed by atoms with Crippen molar-refractivity contribution in [3.63, 3.8) is 0 Å². The predicted octanol–water partition coefficient (Wildman–Crippen LogP) is 4.90. The van der Waals surface area contributed by atoms with Crippen molar-refractivity contribution in [2.75, 3.05) is 11.9 Å². The first-order valence-electron chi connectivity index (χ1n) is 6.36. The Kier molecular flexibility index (Phi) is 4.61. The fourth-order valence-corrected chi connectivity index (χ4v) is 2.45. The van der Waals surface area contributed by atoms with Crippen molar-refractivity contribution >= 4 is 17.3 Å². The molecule has 0 bridgehead atoms. The Morgan fingerprint density at radius 3 is 2.50 bits per heavy atom. The molecule has 2 aromatic carbocycles. The zero-order valence-corrected chi connectivity index (χ0v) is 12.2. The van der Waals surface area contributed by atoms with Crippen LogP contribution in [-0.4, -0.2) is 7.05 Å².